The topological polar surface area (TPSA) is 107 Å². The molecule has 36 heavy (non-hydrogen) atoms. The van der Waals surface area contributed by atoms with Crippen molar-refractivity contribution in [2.24, 2.45) is 0 Å². The van der Waals surface area contributed by atoms with Gasteiger partial charge in [0.1, 0.15) is 0 Å². The van der Waals surface area contributed by atoms with Gasteiger partial charge in [-0.1, -0.05) is 72.6 Å². The van der Waals surface area contributed by atoms with Crippen LogP contribution in [-0.2, 0) is 29.2 Å². The van der Waals surface area contributed by atoms with Crippen LogP contribution < -0.4 is 5.32 Å². The molecule has 0 fully saturated rings. The summed E-state index contributed by atoms with van der Waals surface area (Å²) in [6.45, 7) is 1.41. The molecule has 0 heterocycles. The standard InChI is InChI=1S/C25H27Cl2NO6S2/c1-4-36(32,33)25(14-21(26)23(22(27)15-25)18-8-6-5-7-9-18)28-24(29)20(16-34-2)17-10-12-19(13-11-17)35(3,30)31/h5-14,20H,4,15-16H2,1-3H3,(H,28,29). The summed E-state index contributed by atoms with van der Waals surface area (Å²) in [4.78, 5) is 11.7. The van der Waals surface area contributed by atoms with E-state index in [9.17, 15) is 21.6 Å². The van der Waals surface area contributed by atoms with Crippen molar-refractivity contribution in [1.29, 1.82) is 0 Å². The Morgan fingerprint density at radius 1 is 1.06 bits per heavy atom. The summed E-state index contributed by atoms with van der Waals surface area (Å²) in [5.74, 6) is -1.82. The van der Waals surface area contributed by atoms with Crippen LogP contribution in [0.25, 0.3) is 5.57 Å². The Hall–Kier alpha value is -2.17. The molecule has 11 heteroatoms. The van der Waals surface area contributed by atoms with Crippen LogP contribution in [0.4, 0.5) is 0 Å². The molecule has 1 amide bonds. The van der Waals surface area contributed by atoms with Gasteiger partial charge in [-0.25, -0.2) is 16.8 Å². The second kappa shape index (κ2) is 11.1. The number of benzene rings is 2. The number of nitrogens with one attached hydrogen (secondary N) is 1. The molecule has 2 atom stereocenters. The predicted molar refractivity (Wildman–Crippen MR) is 142 cm³/mol. The molecule has 1 aliphatic carbocycles. The number of allylic oxidation sites excluding steroid dienone is 2. The highest BCUT2D eigenvalue weighted by molar-refractivity contribution is 7.93. The number of amides is 1. The third-order valence-electron chi connectivity index (χ3n) is 5.98. The largest absolute Gasteiger partial charge is 0.384 e. The number of carbonyl (C=O) groups excluding carboxylic acids is 1. The van der Waals surface area contributed by atoms with Crippen LogP contribution in [0.15, 0.2) is 75.6 Å². The first-order valence-corrected chi connectivity index (χ1v) is 15.3. The Balaban J connectivity index is 2.02. The van der Waals surface area contributed by atoms with Crippen molar-refractivity contribution in [2.45, 2.75) is 29.0 Å². The molecule has 0 bridgehead atoms. The molecule has 3 rings (SSSR count). The van der Waals surface area contributed by atoms with Crippen LogP contribution in [0.1, 0.15) is 30.4 Å². The van der Waals surface area contributed by atoms with Crippen molar-refractivity contribution in [3.8, 4) is 0 Å². The van der Waals surface area contributed by atoms with Crippen molar-refractivity contribution in [2.75, 3.05) is 25.7 Å². The summed E-state index contributed by atoms with van der Waals surface area (Å²) in [6.07, 6.45) is 2.21. The monoisotopic (exact) mass is 571 g/mol. The third kappa shape index (κ3) is 5.86. The molecule has 2 aromatic carbocycles. The second-order valence-electron chi connectivity index (χ2n) is 8.45. The van der Waals surface area contributed by atoms with E-state index in [0.717, 1.165) is 11.8 Å². The van der Waals surface area contributed by atoms with Crippen LogP contribution in [0.3, 0.4) is 0 Å². The normalized spacial score (nSPS) is 19.5. The number of halogens is 2. The minimum Gasteiger partial charge on any atom is -0.384 e. The quantitative estimate of drug-likeness (QED) is 0.482. The lowest BCUT2D eigenvalue weighted by molar-refractivity contribution is -0.124. The van der Waals surface area contributed by atoms with Crippen molar-refractivity contribution in [3.63, 3.8) is 0 Å². The number of ether oxygens (including phenoxy) is 1. The van der Waals surface area contributed by atoms with Crippen molar-refractivity contribution in [3.05, 3.63) is 81.9 Å². The molecule has 194 valence electrons. The van der Waals surface area contributed by atoms with Crippen LogP contribution in [-0.4, -0.2) is 53.3 Å². The molecule has 1 aliphatic rings. The number of sulfone groups is 2. The number of methoxy groups -OCH3 is 1. The summed E-state index contributed by atoms with van der Waals surface area (Å²) < 4.78 is 55.5. The maximum atomic E-state index is 13.5. The molecule has 0 saturated heterocycles. The Kier molecular flexibility index (Phi) is 8.73. The summed E-state index contributed by atoms with van der Waals surface area (Å²) in [6, 6.07) is 14.9. The van der Waals surface area contributed by atoms with Gasteiger partial charge in [-0.15, -0.1) is 0 Å². The number of hydrogen-bond donors (Lipinski definition) is 1. The third-order valence-corrected chi connectivity index (χ3v) is 9.96. The Morgan fingerprint density at radius 3 is 2.17 bits per heavy atom. The van der Waals surface area contributed by atoms with Gasteiger partial charge in [-0.05, 0) is 29.3 Å². The number of hydrogen-bond acceptors (Lipinski definition) is 6. The number of rotatable bonds is 9. The predicted octanol–water partition coefficient (Wildman–Crippen LogP) is 4.24. The lowest BCUT2D eigenvalue weighted by Crippen LogP contribution is -2.56. The lowest BCUT2D eigenvalue weighted by atomic mass is 9.94. The zero-order chi connectivity index (χ0) is 26.7. The minimum atomic E-state index is -3.94. The Labute approximate surface area is 222 Å². The molecule has 0 aliphatic heterocycles. The Morgan fingerprint density at radius 2 is 1.67 bits per heavy atom. The van der Waals surface area contributed by atoms with Gasteiger partial charge in [0.05, 0.1) is 23.2 Å². The van der Waals surface area contributed by atoms with Gasteiger partial charge in [-0.2, -0.15) is 0 Å². The zero-order valence-corrected chi connectivity index (χ0v) is 23.1. The van der Waals surface area contributed by atoms with Crippen molar-refractivity contribution in [1.82, 2.24) is 5.32 Å². The molecular formula is C25H27Cl2NO6S2. The van der Waals surface area contributed by atoms with Gasteiger partial charge < -0.3 is 10.1 Å². The maximum Gasteiger partial charge on any atom is 0.231 e. The van der Waals surface area contributed by atoms with Crippen LogP contribution in [0.5, 0.6) is 0 Å². The number of carbonyl (C=O) groups is 1. The van der Waals surface area contributed by atoms with Crippen molar-refractivity contribution < 1.29 is 26.4 Å². The Bertz CT molecular complexity index is 1400. The van der Waals surface area contributed by atoms with E-state index >= 15 is 0 Å². The van der Waals surface area contributed by atoms with E-state index in [-0.39, 0.29) is 33.7 Å². The minimum absolute atomic E-state index is 0.0669. The van der Waals surface area contributed by atoms with E-state index in [2.05, 4.69) is 5.32 Å². The van der Waals surface area contributed by atoms with E-state index in [1.165, 1.54) is 44.4 Å². The summed E-state index contributed by atoms with van der Waals surface area (Å²) in [5.41, 5.74) is 1.68. The van der Waals surface area contributed by atoms with Crippen LogP contribution in [0, 0.1) is 0 Å². The fourth-order valence-electron chi connectivity index (χ4n) is 4.02. The molecule has 0 spiro atoms. The van der Waals surface area contributed by atoms with E-state index < -0.39 is 36.4 Å². The highest BCUT2D eigenvalue weighted by atomic mass is 35.5. The van der Waals surface area contributed by atoms with Gasteiger partial charge in [0.15, 0.2) is 24.5 Å². The molecule has 2 unspecified atom stereocenters. The average Bonchev–Trinajstić information content (AvgIpc) is 2.82. The maximum absolute atomic E-state index is 13.5. The summed E-state index contributed by atoms with van der Waals surface area (Å²) in [7, 11) is -5.95. The molecule has 0 radical (unpaired) electrons. The zero-order valence-electron chi connectivity index (χ0n) is 20.0. The van der Waals surface area contributed by atoms with E-state index in [1.54, 1.807) is 0 Å². The molecule has 0 aromatic heterocycles. The SMILES string of the molecule is CCS(=O)(=O)C1(NC(=O)C(COC)c2ccc(S(C)(=O)=O)cc2)C=C(Cl)C(c2ccccc2)=C(Cl)C1. The van der Waals surface area contributed by atoms with Crippen LogP contribution >= 0.6 is 23.2 Å². The van der Waals surface area contributed by atoms with Gasteiger partial charge in [0, 0.05) is 35.4 Å². The smallest absolute Gasteiger partial charge is 0.231 e. The first-order valence-electron chi connectivity index (χ1n) is 11.0. The fourth-order valence-corrected chi connectivity index (χ4v) is 7.11. The summed E-state index contributed by atoms with van der Waals surface area (Å²) in [5, 5.41) is 2.99. The molecule has 2 aromatic rings. The van der Waals surface area contributed by atoms with E-state index in [0.29, 0.717) is 11.1 Å². The molecule has 1 N–H and O–H groups in total. The fraction of sp³-hybridized carbons (Fsp3) is 0.320. The second-order valence-corrected chi connectivity index (χ2v) is 13.9. The first-order chi connectivity index (χ1) is 16.8. The average molecular weight is 573 g/mol. The van der Waals surface area contributed by atoms with Gasteiger partial charge in [-0.3, -0.25) is 4.79 Å². The van der Waals surface area contributed by atoms with Crippen molar-refractivity contribution >= 4 is 54.4 Å². The highest BCUT2D eigenvalue weighted by Gasteiger charge is 2.47. The van der Waals surface area contributed by atoms with Crippen LogP contribution in [0.2, 0.25) is 0 Å². The highest BCUT2D eigenvalue weighted by Crippen LogP contribution is 2.43. The van der Waals surface area contributed by atoms with Gasteiger partial charge >= 0.3 is 0 Å². The summed E-state index contributed by atoms with van der Waals surface area (Å²) >= 11 is 13.2. The van der Waals surface area contributed by atoms with E-state index in [4.69, 9.17) is 27.9 Å². The van der Waals surface area contributed by atoms with E-state index in [1.807, 2.05) is 30.3 Å². The lowest BCUT2D eigenvalue weighted by Gasteiger charge is -2.36. The molecule has 7 nitrogen and oxygen atoms in total. The van der Waals surface area contributed by atoms with Gasteiger partial charge in [0.2, 0.25) is 5.91 Å². The first kappa shape index (κ1) is 28.4. The molecule has 0 saturated carbocycles. The molecular weight excluding hydrogens is 545 g/mol. The van der Waals surface area contributed by atoms with Gasteiger partial charge in [0.25, 0.3) is 0 Å².